The quantitative estimate of drug-likeness (QED) is 0.555. The summed E-state index contributed by atoms with van der Waals surface area (Å²) in [6.45, 7) is 0. The van der Waals surface area contributed by atoms with Gasteiger partial charge in [0.2, 0.25) is 5.91 Å². The van der Waals surface area contributed by atoms with Crippen molar-refractivity contribution in [3.05, 3.63) is 66.4 Å². The monoisotopic (exact) mass is 309 g/mol. The topological polar surface area (TPSA) is 42.2 Å². The summed E-state index contributed by atoms with van der Waals surface area (Å²) in [4.78, 5) is 13.1. The summed E-state index contributed by atoms with van der Waals surface area (Å²) in [5.74, 6) is 0.478. The van der Waals surface area contributed by atoms with E-state index in [-0.39, 0.29) is 5.91 Å². The number of anilines is 1. The summed E-state index contributed by atoms with van der Waals surface area (Å²) >= 11 is 1.67. The molecule has 0 radical (unpaired) electrons. The number of rotatable bonds is 4. The highest BCUT2D eigenvalue weighted by Gasteiger charge is 2.01. The fourth-order valence-corrected chi connectivity index (χ4v) is 2.51. The van der Waals surface area contributed by atoms with Crippen molar-refractivity contribution in [3.8, 4) is 0 Å². The number of fused-ring (bicyclic) bond motifs is 1. The van der Waals surface area contributed by atoms with Crippen molar-refractivity contribution in [2.24, 2.45) is 0 Å². The molecule has 1 N–H and O–H groups in total. The van der Waals surface area contributed by atoms with E-state index in [0.29, 0.717) is 5.76 Å². The lowest BCUT2D eigenvalue weighted by atomic mass is 10.2. The number of hydrogen-bond donors (Lipinski definition) is 1. The zero-order valence-corrected chi connectivity index (χ0v) is 12.9. The summed E-state index contributed by atoms with van der Waals surface area (Å²) in [5, 5.41) is 3.84. The second kappa shape index (κ2) is 6.54. The first-order chi connectivity index (χ1) is 10.7. The Morgan fingerprint density at radius 3 is 2.64 bits per heavy atom. The van der Waals surface area contributed by atoms with Crippen LogP contribution in [0.1, 0.15) is 5.76 Å². The standard InChI is InChI=1S/C18H15NO2S/c1-22-16-9-6-14(7-10-16)19-18(20)11-8-15-12-13-4-2-3-5-17(13)21-15/h2-12H,1H3,(H,19,20)/b11-8+. The molecule has 110 valence electrons. The van der Waals surface area contributed by atoms with Gasteiger partial charge in [-0.3, -0.25) is 4.79 Å². The van der Waals surface area contributed by atoms with E-state index in [0.717, 1.165) is 21.6 Å². The van der Waals surface area contributed by atoms with E-state index < -0.39 is 0 Å². The highest BCUT2D eigenvalue weighted by Crippen LogP contribution is 2.20. The number of nitrogens with one attached hydrogen (secondary N) is 1. The summed E-state index contributed by atoms with van der Waals surface area (Å²) in [5.41, 5.74) is 1.59. The van der Waals surface area contributed by atoms with Crippen LogP contribution in [0, 0.1) is 0 Å². The van der Waals surface area contributed by atoms with Gasteiger partial charge in [-0.2, -0.15) is 0 Å². The Morgan fingerprint density at radius 2 is 1.91 bits per heavy atom. The predicted molar refractivity (Wildman–Crippen MR) is 92.1 cm³/mol. The number of thioether (sulfide) groups is 1. The van der Waals surface area contributed by atoms with Gasteiger partial charge in [-0.25, -0.2) is 0 Å². The van der Waals surface area contributed by atoms with Gasteiger partial charge in [0.05, 0.1) is 0 Å². The maximum absolute atomic E-state index is 11.9. The molecule has 2 aromatic carbocycles. The molecule has 0 saturated heterocycles. The summed E-state index contributed by atoms with van der Waals surface area (Å²) in [7, 11) is 0. The van der Waals surface area contributed by atoms with Crippen molar-refractivity contribution in [1.29, 1.82) is 0 Å². The average molecular weight is 309 g/mol. The Balaban J connectivity index is 1.67. The van der Waals surface area contributed by atoms with Crippen LogP contribution in [-0.4, -0.2) is 12.2 Å². The molecule has 0 saturated carbocycles. The second-order valence-corrected chi connectivity index (χ2v) is 5.62. The Labute approximate surface area is 133 Å². The van der Waals surface area contributed by atoms with Crippen molar-refractivity contribution in [2.75, 3.05) is 11.6 Å². The molecular formula is C18H15NO2S. The molecule has 3 rings (SSSR count). The Hall–Kier alpha value is -2.46. The summed E-state index contributed by atoms with van der Waals surface area (Å²) in [6, 6.07) is 17.4. The third kappa shape index (κ3) is 3.40. The lowest BCUT2D eigenvalue weighted by Crippen LogP contribution is -2.07. The molecule has 1 heterocycles. The molecule has 0 spiro atoms. The van der Waals surface area contributed by atoms with Gasteiger partial charge in [-0.05, 0) is 48.7 Å². The Bertz CT molecular complexity index is 785. The van der Waals surface area contributed by atoms with Gasteiger partial charge in [0.15, 0.2) is 0 Å². The highest BCUT2D eigenvalue weighted by molar-refractivity contribution is 7.98. The van der Waals surface area contributed by atoms with E-state index in [4.69, 9.17) is 4.42 Å². The van der Waals surface area contributed by atoms with Crippen LogP contribution in [0.4, 0.5) is 5.69 Å². The molecule has 0 aliphatic rings. The number of para-hydroxylation sites is 1. The van der Waals surface area contributed by atoms with Gasteiger partial charge in [0.1, 0.15) is 11.3 Å². The molecule has 0 unspecified atom stereocenters. The molecule has 0 bridgehead atoms. The van der Waals surface area contributed by atoms with Gasteiger partial charge in [0, 0.05) is 22.0 Å². The number of hydrogen-bond acceptors (Lipinski definition) is 3. The molecule has 1 aromatic heterocycles. The maximum Gasteiger partial charge on any atom is 0.248 e. The smallest absolute Gasteiger partial charge is 0.248 e. The zero-order valence-electron chi connectivity index (χ0n) is 12.1. The first-order valence-corrected chi connectivity index (χ1v) is 8.09. The molecule has 0 fully saturated rings. The van der Waals surface area contributed by atoms with Crippen LogP contribution in [0.15, 0.2) is 70.0 Å². The van der Waals surface area contributed by atoms with Crippen LogP contribution in [0.2, 0.25) is 0 Å². The normalized spacial score (nSPS) is 11.1. The SMILES string of the molecule is CSc1ccc(NC(=O)/C=C/c2cc3ccccc3o2)cc1. The molecule has 22 heavy (non-hydrogen) atoms. The van der Waals surface area contributed by atoms with Crippen LogP contribution in [0.25, 0.3) is 17.0 Å². The Morgan fingerprint density at radius 1 is 1.14 bits per heavy atom. The van der Waals surface area contributed by atoms with Gasteiger partial charge in [0.25, 0.3) is 0 Å². The summed E-state index contributed by atoms with van der Waals surface area (Å²) in [6.07, 6.45) is 5.16. The third-order valence-electron chi connectivity index (χ3n) is 3.20. The van der Waals surface area contributed by atoms with Crippen molar-refractivity contribution >= 4 is 40.4 Å². The lowest BCUT2D eigenvalue weighted by Gasteiger charge is -2.02. The van der Waals surface area contributed by atoms with Crippen LogP contribution in [-0.2, 0) is 4.79 Å². The minimum Gasteiger partial charge on any atom is -0.457 e. The number of amides is 1. The van der Waals surface area contributed by atoms with Crippen LogP contribution in [0.5, 0.6) is 0 Å². The van der Waals surface area contributed by atoms with Crippen molar-refractivity contribution in [3.63, 3.8) is 0 Å². The van der Waals surface area contributed by atoms with E-state index in [1.54, 1.807) is 17.8 Å². The number of furan rings is 1. The van der Waals surface area contributed by atoms with E-state index in [2.05, 4.69) is 5.32 Å². The van der Waals surface area contributed by atoms with Crippen LogP contribution < -0.4 is 5.32 Å². The minimum atomic E-state index is -0.183. The predicted octanol–water partition coefficient (Wildman–Crippen LogP) is 4.81. The fourth-order valence-electron chi connectivity index (χ4n) is 2.10. The molecular weight excluding hydrogens is 294 g/mol. The highest BCUT2D eigenvalue weighted by atomic mass is 32.2. The molecule has 4 heteroatoms. The van der Waals surface area contributed by atoms with Crippen molar-refractivity contribution in [1.82, 2.24) is 0 Å². The van der Waals surface area contributed by atoms with E-state index in [1.165, 1.54) is 6.08 Å². The average Bonchev–Trinajstić information content (AvgIpc) is 2.96. The van der Waals surface area contributed by atoms with Crippen LogP contribution in [0.3, 0.4) is 0 Å². The Kier molecular flexibility index (Phi) is 4.30. The molecule has 0 aliphatic heterocycles. The van der Waals surface area contributed by atoms with Gasteiger partial charge in [-0.1, -0.05) is 18.2 Å². The molecule has 1 amide bonds. The van der Waals surface area contributed by atoms with Gasteiger partial charge in [-0.15, -0.1) is 11.8 Å². The molecule has 3 nitrogen and oxygen atoms in total. The van der Waals surface area contributed by atoms with Crippen molar-refractivity contribution < 1.29 is 9.21 Å². The van der Waals surface area contributed by atoms with E-state index in [1.807, 2.05) is 60.9 Å². The summed E-state index contributed by atoms with van der Waals surface area (Å²) < 4.78 is 5.63. The van der Waals surface area contributed by atoms with Gasteiger partial charge >= 0.3 is 0 Å². The first-order valence-electron chi connectivity index (χ1n) is 6.86. The third-order valence-corrected chi connectivity index (χ3v) is 3.94. The largest absolute Gasteiger partial charge is 0.457 e. The van der Waals surface area contributed by atoms with Crippen LogP contribution >= 0.6 is 11.8 Å². The lowest BCUT2D eigenvalue weighted by molar-refractivity contribution is -0.111. The van der Waals surface area contributed by atoms with Gasteiger partial charge < -0.3 is 9.73 Å². The van der Waals surface area contributed by atoms with E-state index >= 15 is 0 Å². The first kappa shape index (κ1) is 14.5. The number of benzene rings is 2. The fraction of sp³-hybridized carbons (Fsp3) is 0.0556. The second-order valence-electron chi connectivity index (χ2n) is 4.74. The number of carbonyl (C=O) groups is 1. The number of carbonyl (C=O) groups excluding carboxylic acids is 1. The van der Waals surface area contributed by atoms with E-state index in [9.17, 15) is 4.79 Å². The maximum atomic E-state index is 11.9. The minimum absolute atomic E-state index is 0.183. The zero-order chi connectivity index (χ0) is 15.4. The van der Waals surface area contributed by atoms with Crippen molar-refractivity contribution in [2.45, 2.75) is 4.90 Å². The molecule has 3 aromatic rings. The molecule has 0 atom stereocenters. The molecule has 0 aliphatic carbocycles.